The van der Waals surface area contributed by atoms with Gasteiger partial charge >= 0.3 is 0 Å². The summed E-state index contributed by atoms with van der Waals surface area (Å²) in [6.07, 6.45) is 0.688. The molecule has 3 heterocycles. The number of fused-ring (bicyclic) bond motifs is 1. The van der Waals surface area contributed by atoms with Crippen molar-refractivity contribution in [3.8, 4) is 11.1 Å². The van der Waals surface area contributed by atoms with Gasteiger partial charge in [-0.15, -0.1) is 0 Å². The highest BCUT2D eigenvalue weighted by atomic mass is 32.1. The number of carbonyl (C=O) groups excluding carboxylic acids is 2. The van der Waals surface area contributed by atoms with Crippen LogP contribution in [-0.4, -0.2) is 28.2 Å². The lowest BCUT2D eigenvalue weighted by atomic mass is 10.0. The minimum atomic E-state index is -0.154. The van der Waals surface area contributed by atoms with Crippen molar-refractivity contribution >= 4 is 39.6 Å². The number of nitrogens with zero attached hydrogens (tertiary/aromatic N) is 2. The highest BCUT2D eigenvalue weighted by Gasteiger charge is 2.25. The molecule has 0 saturated carbocycles. The molecule has 2 aromatic carbocycles. The average Bonchev–Trinajstić information content (AvgIpc) is 3.48. The van der Waals surface area contributed by atoms with E-state index in [9.17, 15) is 9.59 Å². The van der Waals surface area contributed by atoms with Crippen LogP contribution in [-0.2, 0) is 13.0 Å². The molecule has 2 amide bonds. The van der Waals surface area contributed by atoms with Gasteiger partial charge in [-0.2, -0.15) is 11.3 Å². The van der Waals surface area contributed by atoms with Crippen LogP contribution in [0.15, 0.2) is 71.4 Å². The van der Waals surface area contributed by atoms with Crippen LogP contribution in [0, 0.1) is 0 Å². The van der Waals surface area contributed by atoms with Crippen LogP contribution in [0.1, 0.15) is 31.3 Å². The first-order valence-electron chi connectivity index (χ1n) is 9.94. The van der Waals surface area contributed by atoms with Gasteiger partial charge in [-0.1, -0.05) is 53.8 Å². The average molecular weight is 446 g/mol. The lowest BCUT2D eigenvalue weighted by Crippen LogP contribution is -2.35. The first kappa shape index (κ1) is 19.7. The van der Waals surface area contributed by atoms with Crippen LogP contribution in [0.4, 0.5) is 5.13 Å². The first-order chi connectivity index (χ1) is 15.2. The van der Waals surface area contributed by atoms with Crippen molar-refractivity contribution in [1.29, 1.82) is 0 Å². The summed E-state index contributed by atoms with van der Waals surface area (Å²) >= 11 is 2.93. The summed E-state index contributed by atoms with van der Waals surface area (Å²) < 4.78 is 0. The molecule has 154 valence electrons. The molecule has 0 unspecified atom stereocenters. The Morgan fingerprint density at radius 2 is 1.71 bits per heavy atom. The standard InChI is InChI=1S/C24H19N3O2S2/c28-22(19-11-13-30-15-19)26-24-25-20-10-12-27(14-21(20)31-24)23(29)18-8-6-17(7-9-18)16-4-2-1-3-5-16/h1-9,11,13,15H,10,12,14H2,(H,25,26,28). The number of carbonyl (C=O) groups is 2. The zero-order chi connectivity index (χ0) is 21.2. The Morgan fingerprint density at radius 3 is 2.45 bits per heavy atom. The molecule has 0 saturated heterocycles. The van der Waals surface area contributed by atoms with Crippen molar-refractivity contribution in [2.24, 2.45) is 0 Å². The Morgan fingerprint density at radius 1 is 0.935 bits per heavy atom. The van der Waals surface area contributed by atoms with Crippen molar-refractivity contribution in [2.45, 2.75) is 13.0 Å². The number of hydrogen-bond donors (Lipinski definition) is 1. The summed E-state index contributed by atoms with van der Waals surface area (Å²) in [7, 11) is 0. The SMILES string of the molecule is O=C(Nc1nc2c(s1)CN(C(=O)c1ccc(-c3ccccc3)cc1)CC2)c1ccsc1. The normalized spacial score (nSPS) is 13.0. The topological polar surface area (TPSA) is 62.3 Å². The van der Waals surface area contributed by atoms with Crippen molar-refractivity contribution < 1.29 is 9.59 Å². The second-order valence-corrected chi connectivity index (χ2v) is 9.14. The molecule has 4 aromatic rings. The molecule has 0 atom stereocenters. The van der Waals surface area contributed by atoms with E-state index in [4.69, 9.17) is 0 Å². The van der Waals surface area contributed by atoms with Crippen molar-refractivity contribution in [2.75, 3.05) is 11.9 Å². The maximum atomic E-state index is 13.0. The highest BCUT2D eigenvalue weighted by molar-refractivity contribution is 7.16. The number of nitrogens with one attached hydrogen (secondary N) is 1. The number of aromatic nitrogens is 1. The van der Waals surface area contributed by atoms with Gasteiger partial charge in [0.1, 0.15) is 0 Å². The summed E-state index contributed by atoms with van der Waals surface area (Å²) in [5.74, 6) is -0.138. The number of anilines is 1. The molecule has 1 aliphatic rings. The van der Waals surface area contributed by atoms with Gasteiger partial charge in [-0.05, 0) is 34.7 Å². The summed E-state index contributed by atoms with van der Waals surface area (Å²) in [6.45, 7) is 1.13. The molecule has 5 rings (SSSR count). The van der Waals surface area contributed by atoms with Crippen molar-refractivity contribution in [1.82, 2.24) is 9.88 Å². The molecule has 1 N–H and O–H groups in total. The van der Waals surface area contributed by atoms with Gasteiger partial charge in [0.2, 0.25) is 0 Å². The van der Waals surface area contributed by atoms with Crippen molar-refractivity contribution in [3.05, 3.63) is 93.1 Å². The molecule has 31 heavy (non-hydrogen) atoms. The summed E-state index contributed by atoms with van der Waals surface area (Å²) in [5.41, 5.74) is 4.50. The lowest BCUT2D eigenvalue weighted by molar-refractivity contribution is 0.0736. The van der Waals surface area contributed by atoms with Crippen LogP contribution < -0.4 is 5.32 Å². The number of amides is 2. The third kappa shape index (κ3) is 4.15. The van der Waals surface area contributed by atoms with Gasteiger partial charge in [-0.25, -0.2) is 4.98 Å². The Bertz CT molecular complexity index is 1220. The number of rotatable bonds is 4. The predicted octanol–water partition coefficient (Wildman–Crippen LogP) is 5.32. The van der Waals surface area contributed by atoms with Crippen molar-refractivity contribution in [3.63, 3.8) is 0 Å². The van der Waals surface area contributed by atoms with Gasteiger partial charge in [0, 0.05) is 28.8 Å². The Hall–Kier alpha value is -3.29. The smallest absolute Gasteiger partial charge is 0.258 e. The molecule has 0 aliphatic carbocycles. The van der Waals surface area contributed by atoms with Crippen LogP contribution >= 0.6 is 22.7 Å². The first-order valence-corrected chi connectivity index (χ1v) is 11.7. The van der Waals surface area contributed by atoms with E-state index in [2.05, 4.69) is 22.4 Å². The van der Waals surface area contributed by atoms with E-state index in [0.717, 1.165) is 21.7 Å². The number of hydrogen-bond acceptors (Lipinski definition) is 5. The van der Waals surface area contributed by atoms with Gasteiger partial charge < -0.3 is 4.90 Å². The van der Waals surface area contributed by atoms with E-state index in [1.807, 2.05) is 58.1 Å². The largest absolute Gasteiger partial charge is 0.333 e. The highest BCUT2D eigenvalue weighted by Crippen LogP contribution is 2.30. The number of thiophene rings is 1. The van der Waals surface area contributed by atoms with Gasteiger partial charge in [-0.3, -0.25) is 14.9 Å². The lowest BCUT2D eigenvalue weighted by Gasteiger charge is -2.26. The van der Waals surface area contributed by atoms with E-state index < -0.39 is 0 Å². The molecule has 7 heteroatoms. The monoisotopic (exact) mass is 445 g/mol. The third-order valence-electron chi connectivity index (χ3n) is 5.26. The Balaban J connectivity index is 1.27. The maximum Gasteiger partial charge on any atom is 0.258 e. The number of thiazole rings is 1. The summed E-state index contributed by atoms with van der Waals surface area (Å²) in [5, 5.41) is 7.14. The van der Waals surface area contributed by atoms with Crippen LogP contribution in [0.3, 0.4) is 0 Å². The quantitative estimate of drug-likeness (QED) is 0.462. The number of benzene rings is 2. The Kier molecular flexibility index (Phi) is 5.36. The molecule has 0 fully saturated rings. The predicted molar refractivity (Wildman–Crippen MR) is 125 cm³/mol. The van der Waals surface area contributed by atoms with Crippen LogP contribution in [0.2, 0.25) is 0 Å². The molecule has 2 aromatic heterocycles. The molecular weight excluding hydrogens is 426 g/mol. The Labute approximate surface area is 188 Å². The minimum Gasteiger partial charge on any atom is -0.333 e. The molecular formula is C24H19N3O2S2. The zero-order valence-electron chi connectivity index (χ0n) is 16.6. The van der Waals surface area contributed by atoms with Gasteiger partial charge in [0.25, 0.3) is 11.8 Å². The fourth-order valence-corrected chi connectivity index (χ4v) is 5.26. The fourth-order valence-electron chi connectivity index (χ4n) is 3.60. The second-order valence-electron chi connectivity index (χ2n) is 7.28. The molecule has 1 aliphatic heterocycles. The molecule has 5 nitrogen and oxygen atoms in total. The summed E-state index contributed by atoms with van der Waals surface area (Å²) in [6, 6.07) is 19.7. The zero-order valence-corrected chi connectivity index (χ0v) is 18.2. The third-order valence-corrected chi connectivity index (χ3v) is 6.94. The molecule has 0 spiro atoms. The van der Waals surface area contributed by atoms with Gasteiger partial charge in [0.05, 0.1) is 17.8 Å². The van der Waals surface area contributed by atoms with E-state index in [1.165, 1.54) is 22.7 Å². The second kappa shape index (κ2) is 8.45. The summed E-state index contributed by atoms with van der Waals surface area (Å²) in [4.78, 5) is 32.8. The van der Waals surface area contributed by atoms with E-state index in [1.54, 1.807) is 6.07 Å². The minimum absolute atomic E-state index is 0.0162. The van der Waals surface area contributed by atoms with Crippen LogP contribution in [0.25, 0.3) is 11.1 Å². The maximum absolute atomic E-state index is 13.0. The van der Waals surface area contributed by atoms with E-state index in [0.29, 0.717) is 35.8 Å². The van der Waals surface area contributed by atoms with Gasteiger partial charge in [0.15, 0.2) is 5.13 Å². The van der Waals surface area contributed by atoms with Crippen LogP contribution in [0.5, 0.6) is 0 Å². The molecule has 0 radical (unpaired) electrons. The molecule has 0 bridgehead atoms. The van der Waals surface area contributed by atoms with E-state index >= 15 is 0 Å². The fraction of sp³-hybridized carbons (Fsp3) is 0.125. The van der Waals surface area contributed by atoms with E-state index in [-0.39, 0.29) is 11.8 Å².